The highest BCUT2D eigenvalue weighted by atomic mass is 15.3. The molecule has 0 aromatic heterocycles. The van der Waals surface area contributed by atoms with Gasteiger partial charge in [0.25, 0.3) is 0 Å². The van der Waals surface area contributed by atoms with Crippen LogP contribution in [0.1, 0.15) is 19.3 Å². The predicted octanol–water partition coefficient (Wildman–Crippen LogP) is -0.225. The van der Waals surface area contributed by atoms with Gasteiger partial charge in [-0.1, -0.05) is 5.92 Å². The Bertz CT molecular complexity index is 241. The van der Waals surface area contributed by atoms with Crippen LogP contribution in [0, 0.1) is 12.3 Å². The van der Waals surface area contributed by atoms with E-state index in [2.05, 4.69) is 16.1 Å². The van der Waals surface area contributed by atoms with Crippen LogP contribution < -0.4 is 11.1 Å². The maximum Gasteiger partial charge on any atom is 0.0578 e. The van der Waals surface area contributed by atoms with Crippen LogP contribution in [0.2, 0.25) is 0 Å². The highest BCUT2D eigenvalue weighted by Gasteiger charge is 2.41. The maximum atomic E-state index is 5.83. The molecule has 14 heavy (non-hydrogen) atoms. The number of hydrogen-bond acceptors (Lipinski definition) is 3. The monoisotopic (exact) mass is 193 g/mol. The van der Waals surface area contributed by atoms with Crippen molar-refractivity contribution in [2.24, 2.45) is 5.73 Å². The van der Waals surface area contributed by atoms with Gasteiger partial charge in [-0.2, -0.15) is 0 Å². The van der Waals surface area contributed by atoms with Crippen LogP contribution in [-0.4, -0.2) is 42.7 Å². The Balaban J connectivity index is 1.90. The molecule has 1 saturated carbocycles. The van der Waals surface area contributed by atoms with Gasteiger partial charge in [0.1, 0.15) is 0 Å². The van der Waals surface area contributed by atoms with E-state index >= 15 is 0 Å². The summed E-state index contributed by atoms with van der Waals surface area (Å²) in [6, 6.07) is 0.844. The molecule has 0 amide bonds. The summed E-state index contributed by atoms with van der Waals surface area (Å²) in [4.78, 5) is 2.55. The normalized spacial score (nSPS) is 33.1. The minimum Gasteiger partial charge on any atom is -0.329 e. The van der Waals surface area contributed by atoms with Crippen LogP contribution in [0.4, 0.5) is 0 Å². The molecular weight excluding hydrogens is 174 g/mol. The standard InChI is InChI=1S/C11H19N3/c1-2-6-13-11(8-12)5-7-14(9-11)10-3-4-10/h1,10,13H,3-9,12H2. The molecule has 0 aromatic carbocycles. The molecule has 3 N–H and O–H groups in total. The zero-order valence-electron chi connectivity index (χ0n) is 8.63. The lowest BCUT2D eigenvalue weighted by molar-refractivity contribution is 0.281. The maximum absolute atomic E-state index is 5.83. The van der Waals surface area contributed by atoms with Crippen molar-refractivity contribution in [2.75, 3.05) is 26.2 Å². The molecule has 0 aromatic rings. The van der Waals surface area contributed by atoms with Crippen LogP contribution in [0.3, 0.4) is 0 Å². The first-order valence-electron chi connectivity index (χ1n) is 5.42. The highest BCUT2D eigenvalue weighted by Crippen LogP contribution is 2.32. The van der Waals surface area contributed by atoms with E-state index in [1.165, 1.54) is 19.4 Å². The number of rotatable bonds is 4. The lowest BCUT2D eigenvalue weighted by Crippen LogP contribution is -2.53. The van der Waals surface area contributed by atoms with Crippen LogP contribution >= 0.6 is 0 Å². The van der Waals surface area contributed by atoms with Crippen LogP contribution in [-0.2, 0) is 0 Å². The molecule has 1 atom stereocenters. The molecule has 0 bridgehead atoms. The number of terminal acetylenes is 1. The molecule has 0 radical (unpaired) electrons. The molecule has 2 aliphatic rings. The van der Waals surface area contributed by atoms with E-state index in [-0.39, 0.29) is 5.54 Å². The van der Waals surface area contributed by atoms with E-state index in [4.69, 9.17) is 12.2 Å². The molecule has 2 rings (SSSR count). The van der Waals surface area contributed by atoms with E-state index in [1.54, 1.807) is 0 Å². The summed E-state index contributed by atoms with van der Waals surface area (Å²) >= 11 is 0. The molecule has 1 saturated heterocycles. The van der Waals surface area contributed by atoms with Gasteiger partial charge in [-0.3, -0.25) is 10.2 Å². The zero-order valence-corrected chi connectivity index (χ0v) is 8.63. The number of hydrogen-bond donors (Lipinski definition) is 2. The van der Waals surface area contributed by atoms with Gasteiger partial charge in [0.05, 0.1) is 6.54 Å². The molecular formula is C11H19N3. The average molecular weight is 193 g/mol. The predicted molar refractivity (Wildman–Crippen MR) is 57.8 cm³/mol. The third-order valence-corrected chi connectivity index (χ3v) is 3.40. The summed E-state index contributed by atoms with van der Waals surface area (Å²) in [6.07, 6.45) is 9.14. The van der Waals surface area contributed by atoms with Gasteiger partial charge >= 0.3 is 0 Å². The third kappa shape index (κ3) is 1.93. The molecule has 1 aliphatic heterocycles. The summed E-state index contributed by atoms with van der Waals surface area (Å²) in [6.45, 7) is 3.59. The lowest BCUT2D eigenvalue weighted by atomic mass is 9.99. The van der Waals surface area contributed by atoms with Crippen molar-refractivity contribution >= 4 is 0 Å². The summed E-state index contributed by atoms with van der Waals surface area (Å²) < 4.78 is 0. The second-order valence-corrected chi connectivity index (χ2v) is 4.49. The first-order valence-corrected chi connectivity index (χ1v) is 5.42. The smallest absolute Gasteiger partial charge is 0.0578 e. The van der Waals surface area contributed by atoms with Crippen molar-refractivity contribution < 1.29 is 0 Å². The molecule has 3 nitrogen and oxygen atoms in total. The van der Waals surface area contributed by atoms with E-state index in [9.17, 15) is 0 Å². The molecule has 0 spiro atoms. The van der Waals surface area contributed by atoms with E-state index in [0.717, 1.165) is 19.0 Å². The minimum atomic E-state index is 0.0922. The van der Waals surface area contributed by atoms with Gasteiger partial charge in [-0.05, 0) is 19.3 Å². The fourth-order valence-corrected chi connectivity index (χ4v) is 2.28. The Labute approximate surface area is 86.0 Å². The number of nitrogens with one attached hydrogen (secondary N) is 1. The van der Waals surface area contributed by atoms with Gasteiger partial charge in [0.2, 0.25) is 0 Å². The molecule has 1 aliphatic carbocycles. The second-order valence-electron chi connectivity index (χ2n) is 4.49. The SMILES string of the molecule is C#CCNC1(CN)CCN(C2CC2)C1. The Kier molecular flexibility index (Phi) is 2.78. The summed E-state index contributed by atoms with van der Waals surface area (Å²) in [5.41, 5.74) is 5.93. The second kappa shape index (κ2) is 3.90. The summed E-state index contributed by atoms with van der Waals surface area (Å²) in [5, 5.41) is 3.40. The Morgan fingerprint density at radius 3 is 2.93 bits per heavy atom. The van der Waals surface area contributed by atoms with E-state index in [0.29, 0.717) is 13.1 Å². The van der Waals surface area contributed by atoms with Gasteiger partial charge in [-0.25, -0.2) is 0 Å². The Hall–Kier alpha value is -0.560. The number of nitrogens with zero attached hydrogens (tertiary/aromatic N) is 1. The fourth-order valence-electron chi connectivity index (χ4n) is 2.28. The van der Waals surface area contributed by atoms with Crippen molar-refractivity contribution in [1.82, 2.24) is 10.2 Å². The van der Waals surface area contributed by atoms with Crippen LogP contribution in [0.15, 0.2) is 0 Å². The Morgan fingerprint density at radius 2 is 2.36 bits per heavy atom. The first kappa shape index (κ1) is 9.97. The minimum absolute atomic E-state index is 0.0922. The molecule has 1 unspecified atom stereocenters. The quantitative estimate of drug-likeness (QED) is 0.606. The Morgan fingerprint density at radius 1 is 1.57 bits per heavy atom. The van der Waals surface area contributed by atoms with Crippen molar-refractivity contribution in [1.29, 1.82) is 0 Å². The van der Waals surface area contributed by atoms with Gasteiger partial charge in [-0.15, -0.1) is 6.42 Å². The van der Waals surface area contributed by atoms with Gasteiger partial charge in [0, 0.05) is 31.2 Å². The largest absolute Gasteiger partial charge is 0.329 e. The van der Waals surface area contributed by atoms with Crippen molar-refractivity contribution in [3.63, 3.8) is 0 Å². The zero-order chi connectivity index (χ0) is 10.0. The lowest BCUT2D eigenvalue weighted by Gasteiger charge is -2.28. The fraction of sp³-hybridized carbons (Fsp3) is 0.818. The molecule has 1 heterocycles. The number of nitrogens with two attached hydrogens (primary N) is 1. The van der Waals surface area contributed by atoms with Crippen molar-refractivity contribution in [3.8, 4) is 12.3 Å². The van der Waals surface area contributed by atoms with Gasteiger partial charge < -0.3 is 5.73 Å². The van der Waals surface area contributed by atoms with E-state index in [1.807, 2.05) is 0 Å². The molecule has 2 fully saturated rings. The van der Waals surface area contributed by atoms with Crippen LogP contribution in [0.25, 0.3) is 0 Å². The van der Waals surface area contributed by atoms with E-state index < -0.39 is 0 Å². The summed E-state index contributed by atoms with van der Waals surface area (Å²) in [5.74, 6) is 2.63. The summed E-state index contributed by atoms with van der Waals surface area (Å²) in [7, 11) is 0. The number of likely N-dealkylation sites (tertiary alicyclic amines) is 1. The molecule has 78 valence electrons. The third-order valence-electron chi connectivity index (χ3n) is 3.40. The van der Waals surface area contributed by atoms with Crippen LogP contribution in [0.5, 0.6) is 0 Å². The van der Waals surface area contributed by atoms with Crippen molar-refractivity contribution in [2.45, 2.75) is 30.8 Å². The van der Waals surface area contributed by atoms with Gasteiger partial charge in [0.15, 0.2) is 0 Å². The van der Waals surface area contributed by atoms with Crippen molar-refractivity contribution in [3.05, 3.63) is 0 Å². The average Bonchev–Trinajstić information content (AvgIpc) is 2.98. The highest BCUT2D eigenvalue weighted by molar-refractivity contribution is 5.04. The topological polar surface area (TPSA) is 41.3 Å². The molecule has 3 heteroatoms. The first-order chi connectivity index (χ1) is 6.79.